The van der Waals surface area contributed by atoms with Crippen molar-refractivity contribution < 1.29 is 14.6 Å². The highest BCUT2D eigenvalue weighted by atomic mass is 16.5. The van der Waals surface area contributed by atoms with Crippen LogP contribution in [0, 0.1) is 5.92 Å². The lowest BCUT2D eigenvalue weighted by Crippen LogP contribution is -2.12. The third-order valence-electron chi connectivity index (χ3n) is 4.12. The molecular weight excluding hydrogens is 276 g/mol. The third-order valence-corrected chi connectivity index (χ3v) is 4.12. The van der Waals surface area contributed by atoms with E-state index in [0.29, 0.717) is 18.9 Å². The summed E-state index contributed by atoms with van der Waals surface area (Å²) in [6.07, 6.45) is 2.67. The maximum atomic E-state index is 12.1. The molecule has 114 valence electrons. The molecular formula is C19H20O3. The van der Waals surface area contributed by atoms with E-state index in [9.17, 15) is 9.90 Å². The standard InChI is InChI=1S/C19H20O3/c20-17-8-4-7-16(11-17)18(15-9-10-15)12-19(21)22-13-14-5-2-1-3-6-14/h1-8,11,15,18,20H,9-10,12-13H2/t18-/m0/s1. The van der Waals surface area contributed by atoms with Crippen LogP contribution in [0.1, 0.15) is 36.3 Å². The highest BCUT2D eigenvalue weighted by Gasteiger charge is 2.34. The zero-order chi connectivity index (χ0) is 15.4. The van der Waals surface area contributed by atoms with Crippen molar-refractivity contribution in [3.8, 4) is 5.75 Å². The summed E-state index contributed by atoms with van der Waals surface area (Å²) >= 11 is 0. The largest absolute Gasteiger partial charge is 0.508 e. The van der Waals surface area contributed by atoms with Crippen LogP contribution in [0.3, 0.4) is 0 Å². The van der Waals surface area contributed by atoms with Gasteiger partial charge in [-0.2, -0.15) is 0 Å². The number of phenols is 1. The third kappa shape index (κ3) is 3.88. The Morgan fingerprint density at radius 3 is 2.59 bits per heavy atom. The molecule has 0 saturated heterocycles. The summed E-state index contributed by atoms with van der Waals surface area (Å²) in [5, 5.41) is 9.63. The molecule has 22 heavy (non-hydrogen) atoms. The van der Waals surface area contributed by atoms with E-state index in [-0.39, 0.29) is 17.6 Å². The number of phenolic OH excluding ortho intramolecular Hbond substituents is 1. The second-order valence-corrected chi connectivity index (χ2v) is 5.89. The summed E-state index contributed by atoms with van der Waals surface area (Å²) in [5.41, 5.74) is 2.02. The molecule has 0 unspecified atom stereocenters. The smallest absolute Gasteiger partial charge is 0.306 e. The first-order valence-corrected chi connectivity index (χ1v) is 7.71. The maximum Gasteiger partial charge on any atom is 0.306 e. The van der Waals surface area contributed by atoms with Crippen molar-refractivity contribution in [2.75, 3.05) is 0 Å². The molecule has 0 spiro atoms. The van der Waals surface area contributed by atoms with Crippen LogP contribution in [0.4, 0.5) is 0 Å². The van der Waals surface area contributed by atoms with Crippen molar-refractivity contribution in [1.82, 2.24) is 0 Å². The molecule has 0 amide bonds. The van der Waals surface area contributed by atoms with E-state index in [0.717, 1.165) is 24.0 Å². The predicted molar refractivity (Wildman–Crippen MR) is 84.4 cm³/mol. The van der Waals surface area contributed by atoms with Crippen molar-refractivity contribution in [2.24, 2.45) is 5.92 Å². The van der Waals surface area contributed by atoms with Gasteiger partial charge in [-0.15, -0.1) is 0 Å². The Bertz CT molecular complexity index is 632. The van der Waals surface area contributed by atoms with Gasteiger partial charge in [0.15, 0.2) is 0 Å². The first-order valence-electron chi connectivity index (χ1n) is 7.71. The van der Waals surface area contributed by atoms with Crippen molar-refractivity contribution in [3.05, 3.63) is 65.7 Å². The van der Waals surface area contributed by atoms with Crippen molar-refractivity contribution >= 4 is 5.97 Å². The van der Waals surface area contributed by atoms with Gasteiger partial charge in [0.05, 0.1) is 6.42 Å². The molecule has 1 fully saturated rings. The summed E-state index contributed by atoms with van der Waals surface area (Å²) in [6.45, 7) is 0.317. The van der Waals surface area contributed by atoms with Crippen LogP contribution in [0.5, 0.6) is 5.75 Å². The minimum Gasteiger partial charge on any atom is -0.508 e. The lowest BCUT2D eigenvalue weighted by Gasteiger charge is -2.16. The molecule has 2 aromatic carbocycles. The van der Waals surface area contributed by atoms with Gasteiger partial charge in [0.25, 0.3) is 0 Å². The first-order chi connectivity index (χ1) is 10.7. The molecule has 1 atom stereocenters. The number of hydrogen-bond donors (Lipinski definition) is 1. The van der Waals surface area contributed by atoms with Crippen LogP contribution in [0.25, 0.3) is 0 Å². The highest BCUT2D eigenvalue weighted by molar-refractivity contribution is 5.70. The van der Waals surface area contributed by atoms with Crippen LogP contribution in [-0.4, -0.2) is 11.1 Å². The van der Waals surface area contributed by atoms with Crippen LogP contribution >= 0.6 is 0 Å². The molecule has 3 rings (SSSR count). The van der Waals surface area contributed by atoms with Crippen molar-refractivity contribution in [1.29, 1.82) is 0 Å². The van der Waals surface area contributed by atoms with Gasteiger partial charge in [-0.05, 0) is 47.9 Å². The van der Waals surface area contributed by atoms with Crippen molar-refractivity contribution in [2.45, 2.75) is 31.8 Å². The van der Waals surface area contributed by atoms with Gasteiger partial charge < -0.3 is 9.84 Å². The fourth-order valence-electron chi connectivity index (χ4n) is 2.79. The SMILES string of the molecule is O=C(C[C@H](c1cccc(O)c1)C1CC1)OCc1ccccc1. The van der Waals surface area contributed by atoms with Crippen LogP contribution in [0.2, 0.25) is 0 Å². The van der Waals surface area contributed by atoms with Crippen LogP contribution < -0.4 is 0 Å². The summed E-state index contributed by atoms with van der Waals surface area (Å²) < 4.78 is 5.39. The Kier molecular flexibility index (Phi) is 4.42. The second kappa shape index (κ2) is 6.65. The number of carbonyl (C=O) groups is 1. The highest BCUT2D eigenvalue weighted by Crippen LogP contribution is 2.45. The Hall–Kier alpha value is -2.29. The van der Waals surface area contributed by atoms with E-state index in [4.69, 9.17) is 4.74 Å². The molecule has 2 aromatic rings. The van der Waals surface area contributed by atoms with Crippen molar-refractivity contribution in [3.63, 3.8) is 0 Å². The topological polar surface area (TPSA) is 46.5 Å². The molecule has 0 aromatic heterocycles. The van der Waals surface area contributed by atoms with Gasteiger partial charge in [0, 0.05) is 0 Å². The second-order valence-electron chi connectivity index (χ2n) is 5.89. The molecule has 0 aliphatic heterocycles. The molecule has 1 saturated carbocycles. The minimum atomic E-state index is -0.177. The normalized spacial score (nSPS) is 15.3. The maximum absolute atomic E-state index is 12.1. The quantitative estimate of drug-likeness (QED) is 0.819. The van der Waals surface area contributed by atoms with Gasteiger partial charge in [-0.1, -0.05) is 42.5 Å². The minimum absolute atomic E-state index is 0.148. The Morgan fingerprint density at radius 1 is 1.14 bits per heavy atom. The number of esters is 1. The molecule has 0 radical (unpaired) electrons. The zero-order valence-corrected chi connectivity index (χ0v) is 12.4. The lowest BCUT2D eigenvalue weighted by molar-refractivity contribution is -0.145. The number of rotatable bonds is 6. The van der Waals surface area contributed by atoms with E-state index in [2.05, 4.69) is 0 Å². The van der Waals surface area contributed by atoms with Crippen LogP contribution in [-0.2, 0) is 16.1 Å². The fourth-order valence-corrected chi connectivity index (χ4v) is 2.79. The van der Waals surface area contributed by atoms with E-state index < -0.39 is 0 Å². The lowest BCUT2D eigenvalue weighted by atomic mass is 9.91. The molecule has 3 heteroatoms. The van der Waals surface area contributed by atoms with Gasteiger partial charge in [-0.25, -0.2) is 0 Å². The Balaban J connectivity index is 1.60. The number of benzene rings is 2. The van der Waals surface area contributed by atoms with Gasteiger partial charge in [-0.3, -0.25) is 4.79 Å². The monoisotopic (exact) mass is 296 g/mol. The number of carbonyl (C=O) groups excluding carboxylic acids is 1. The van der Waals surface area contributed by atoms with E-state index in [1.54, 1.807) is 12.1 Å². The molecule has 1 N–H and O–H groups in total. The van der Waals surface area contributed by atoms with Gasteiger partial charge in [0.2, 0.25) is 0 Å². The number of hydrogen-bond acceptors (Lipinski definition) is 3. The van der Waals surface area contributed by atoms with Gasteiger partial charge >= 0.3 is 5.97 Å². The van der Waals surface area contributed by atoms with E-state index in [1.807, 2.05) is 42.5 Å². The summed E-state index contributed by atoms with van der Waals surface area (Å²) in [7, 11) is 0. The number of aromatic hydroxyl groups is 1. The first kappa shape index (κ1) is 14.6. The van der Waals surface area contributed by atoms with E-state index in [1.165, 1.54) is 0 Å². The molecule has 0 bridgehead atoms. The average Bonchev–Trinajstić information content (AvgIpc) is 3.36. The number of ether oxygens (including phenoxy) is 1. The molecule has 1 aliphatic carbocycles. The average molecular weight is 296 g/mol. The molecule has 1 aliphatic rings. The van der Waals surface area contributed by atoms with Gasteiger partial charge in [0.1, 0.15) is 12.4 Å². The summed E-state index contributed by atoms with van der Waals surface area (Å²) in [4.78, 5) is 12.1. The molecule has 3 nitrogen and oxygen atoms in total. The van der Waals surface area contributed by atoms with E-state index >= 15 is 0 Å². The fraction of sp³-hybridized carbons (Fsp3) is 0.316. The molecule has 0 heterocycles. The summed E-state index contributed by atoms with van der Waals surface area (Å²) in [5.74, 6) is 0.756. The zero-order valence-electron chi connectivity index (χ0n) is 12.4. The van der Waals surface area contributed by atoms with Crippen LogP contribution in [0.15, 0.2) is 54.6 Å². The Morgan fingerprint density at radius 2 is 1.91 bits per heavy atom. The summed E-state index contributed by atoms with van der Waals surface area (Å²) in [6, 6.07) is 16.9. The Labute approximate surface area is 130 Å². The predicted octanol–water partition coefficient (Wildman–Crippen LogP) is 4.02.